The molecule has 0 heterocycles. The van der Waals surface area contributed by atoms with Crippen LogP contribution in [0.4, 0.5) is 9.59 Å². The van der Waals surface area contributed by atoms with Crippen molar-refractivity contribution in [1.29, 1.82) is 0 Å². The minimum Gasteiger partial charge on any atom is -0.497 e. The third-order valence-electron chi connectivity index (χ3n) is 6.80. The number of aliphatic hydroxyl groups excluding tert-OH is 1. The summed E-state index contributed by atoms with van der Waals surface area (Å²) in [5.41, 5.74) is -1.22. The maximum Gasteiger partial charge on any atom is 0.407 e. The van der Waals surface area contributed by atoms with Gasteiger partial charge in [0.25, 0.3) is 0 Å². The van der Waals surface area contributed by atoms with E-state index in [0.29, 0.717) is 5.75 Å². The van der Waals surface area contributed by atoms with Crippen molar-refractivity contribution in [3.8, 4) is 5.75 Å². The molecule has 0 radical (unpaired) electrons. The van der Waals surface area contributed by atoms with Crippen molar-refractivity contribution in [1.82, 2.24) is 10.6 Å². The van der Waals surface area contributed by atoms with Crippen LogP contribution in [0.2, 0.25) is 0 Å². The van der Waals surface area contributed by atoms with Crippen molar-refractivity contribution >= 4 is 12.2 Å². The van der Waals surface area contributed by atoms with Gasteiger partial charge in [0, 0.05) is 13.1 Å². The normalized spacial score (nSPS) is 12.3. The highest BCUT2D eigenvalue weighted by Gasteiger charge is 2.42. The predicted molar refractivity (Wildman–Crippen MR) is 170 cm³/mol. The number of nitrogens with one attached hydrogen (secondary N) is 2. The Balaban J connectivity index is 2.08. The Morgan fingerprint density at radius 3 is 1.43 bits per heavy atom. The largest absolute Gasteiger partial charge is 0.497 e. The summed E-state index contributed by atoms with van der Waals surface area (Å²) in [4.78, 5) is 25.4. The molecule has 0 atom stereocenters. The average molecular weight is 607 g/mol. The van der Waals surface area contributed by atoms with Crippen molar-refractivity contribution in [2.75, 3.05) is 33.4 Å². The van der Waals surface area contributed by atoms with Gasteiger partial charge in [-0.25, -0.2) is 9.59 Å². The Hall–Kier alpha value is -4.08. The van der Waals surface area contributed by atoms with Crippen molar-refractivity contribution in [2.45, 2.75) is 58.3 Å². The Labute approximate surface area is 260 Å². The minimum absolute atomic E-state index is 0.0590. The van der Waals surface area contributed by atoms with Crippen LogP contribution in [0.25, 0.3) is 0 Å². The van der Waals surface area contributed by atoms with Gasteiger partial charge in [0.2, 0.25) is 0 Å². The Morgan fingerprint density at radius 2 is 1.07 bits per heavy atom. The molecule has 0 aliphatic rings. The zero-order chi connectivity index (χ0) is 32.4. The quantitative estimate of drug-likeness (QED) is 0.216. The van der Waals surface area contributed by atoms with Gasteiger partial charge in [-0.05, 0) is 70.4 Å². The van der Waals surface area contributed by atoms with Gasteiger partial charge < -0.3 is 34.7 Å². The molecule has 0 unspecified atom stereocenters. The molecule has 238 valence electrons. The number of carbonyl (C=O) groups excluding carboxylic acids is 2. The first kappa shape index (κ1) is 34.4. The fourth-order valence-electron chi connectivity index (χ4n) is 4.65. The molecule has 0 fully saturated rings. The molecule has 9 nitrogen and oxygen atoms in total. The van der Waals surface area contributed by atoms with E-state index in [9.17, 15) is 14.7 Å². The average Bonchev–Trinajstić information content (AvgIpc) is 2.98. The zero-order valence-corrected chi connectivity index (χ0v) is 26.8. The number of hydrogen-bond acceptors (Lipinski definition) is 7. The monoisotopic (exact) mass is 606 g/mol. The SMILES string of the molecule is COc1ccc(C(OCC(CO)(CNC(=O)OC(C)(C)C)CNC(=O)OC(C)(C)C)(c2ccccc2)c2ccccc2)cc1. The number of methoxy groups -OCH3 is 1. The summed E-state index contributed by atoms with van der Waals surface area (Å²) < 4.78 is 23.3. The fourth-order valence-corrected chi connectivity index (χ4v) is 4.65. The van der Waals surface area contributed by atoms with Gasteiger partial charge in [0.15, 0.2) is 0 Å². The number of alkyl carbamates (subject to hydrolysis) is 2. The van der Waals surface area contributed by atoms with Crippen LogP contribution in [0.1, 0.15) is 58.2 Å². The number of ether oxygens (including phenoxy) is 4. The number of carbonyl (C=O) groups is 2. The minimum atomic E-state index is -1.17. The molecular weight excluding hydrogens is 560 g/mol. The van der Waals surface area contributed by atoms with E-state index in [2.05, 4.69) is 10.6 Å². The van der Waals surface area contributed by atoms with E-state index in [4.69, 9.17) is 18.9 Å². The summed E-state index contributed by atoms with van der Waals surface area (Å²) in [7, 11) is 1.61. The number of amides is 2. The highest BCUT2D eigenvalue weighted by molar-refractivity contribution is 5.68. The first-order valence-electron chi connectivity index (χ1n) is 14.7. The van der Waals surface area contributed by atoms with Crippen molar-refractivity contribution in [2.24, 2.45) is 5.41 Å². The van der Waals surface area contributed by atoms with E-state index in [1.807, 2.05) is 84.9 Å². The molecule has 44 heavy (non-hydrogen) atoms. The summed E-state index contributed by atoms with van der Waals surface area (Å²) in [6.07, 6.45) is -1.31. The highest BCUT2D eigenvalue weighted by atomic mass is 16.6. The lowest BCUT2D eigenvalue weighted by atomic mass is 9.79. The maximum atomic E-state index is 12.7. The van der Waals surface area contributed by atoms with Gasteiger partial charge in [-0.2, -0.15) is 0 Å². The molecule has 0 aliphatic carbocycles. The van der Waals surface area contributed by atoms with E-state index in [1.54, 1.807) is 48.7 Å². The van der Waals surface area contributed by atoms with E-state index < -0.39 is 41.0 Å². The molecule has 3 aromatic carbocycles. The topological polar surface area (TPSA) is 115 Å². The maximum absolute atomic E-state index is 12.7. The van der Waals surface area contributed by atoms with Crippen molar-refractivity contribution < 1.29 is 33.6 Å². The Kier molecular flexibility index (Phi) is 11.4. The second-order valence-corrected chi connectivity index (χ2v) is 12.8. The number of hydrogen-bond donors (Lipinski definition) is 3. The van der Waals surface area contributed by atoms with Crippen LogP contribution in [0.15, 0.2) is 84.9 Å². The molecule has 0 spiro atoms. The molecule has 3 rings (SSSR count). The lowest BCUT2D eigenvalue weighted by Gasteiger charge is -2.40. The van der Waals surface area contributed by atoms with E-state index >= 15 is 0 Å². The van der Waals surface area contributed by atoms with Crippen LogP contribution < -0.4 is 15.4 Å². The van der Waals surface area contributed by atoms with E-state index in [0.717, 1.165) is 16.7 Å². The lowest BCUT2D eigenvalue weighted by Crippen LogP contribution is -2.53. The molecule has 0 bridgehead atoms. The molecular formula is C35H46N2O7. The van der Waals surface area contributed by atoms with Crippen LogP contribution in [-0.2, 0) is 19.8 Å². The number of aliphatic hydroxyl groups is 1. The third-order valence-corrected chi connectivity index (χ3v) is 6.80. The summed E-state index contributed by atoms with van der Waals surface area (Å²) in [6.45, 7) is 9.97. The summed E-state index contributed by atoms with van der Waals surface area (Å²) in [6, 6.07) is 27.2. The fraction of sp³-hybridized carbons (Fsp3) is 0.429. The molecule has 0 aliphatic heterocycles. The number of rotatable bonds is 12. The summed E-state index contributed by atoms with van der Waals surface area (Å²) in [5.74, 6) is 0.691. The van der Waals surface area contributed by atoms with Gasteiger partial charge in [-0.3, -0.25) is 0 Å². The van der Waals surface area contributed by atoms with Crippen LogP contribution in [0.3, 0.4) is 0 Å². The molecule has 0 saturated carbocycles. The molecule has 2 amide bonds. The van der Waals surface area contributed by atoms with Gasteiger partial charge in [-0.1, -0.05) is 72.8 Å². The van der Waals surface area contributed by atoms with Gasteiger partial charge >= 0.3 is 12.2 Å². The Bertz CT molecular complexity index is 1260. The lowest BCUT2D eigenvalue weighted by molar-refractivity contribution is -0.0582. The first-order valence-corrected chi connectivity index (χ1v) is 14.7. The van der Waals surface area contributed by atoms with Crippen LogP contribution in [0, 0.1) is 5.41 Å². The smallest absolute Gasteiger partial charge is 0.407 e. The second kappa shape index (κ2) is 14.6. The molecule has 9 heteroatoms. The molecule has 0 aromatic heterocycles. The van der Waals surface area contributed by atoms with Gasteiger partial charge in [0.1, 0.15) is 22.6 Å². The van der Waals surface area contributed by atoms with Crippen molar-refractivity contribution in [3.63, 3.8) is 0 Å². The Morgan fingerprint density at radius 1 is 0.659 bits per heavy atom. The number of benzene rings is 3. The summed E-state index contributed by atoms with van der Waals surface area (Å²) in [5, 5.41) is 16.4. The molecule has 0 saturated heterocycles. The van der Waals surface area contributed by atoms with E-state index in [1.165, 1.54) is 0 Å². The third kappa shape index (κ3) is 9.46. The first-order chi connectivity index (χ1) is 20.7. The molecule has 3 N–H and O–H groups in total. The van der Waals surface area contributed by atoms with Crippen LogP contribution in [-0.4, -0.2) is 61.9 Å². The van der Waals surface area contributed by atoms with Crippen LogP contribution >= 0.6 is 0 Å². The standard InChI is InChI=1S/C35H46N2O7/c1-32(2,3)43-30(39)36-22-34(24-38,23-37-31(40)44-33(4,5)6)25-42-35(26-14-10-8-11-15-26,27-16-12-9-13-17-27)28-18-20-29(41-7)21-19-28/h8-21,38H,22-25H2,1-7H3,(H,36,39)(H,37,40). The van der Waals surface area contributed by atoms with Crippen molar-refractivity contribution in [3.05, 3.63) is 102 Å². The second-order valence-electron chi connectivity index (χ2n) is 12.8. The van der Waals surface area contributed by atoms with Gasteiger partial charge in [0.05, 0.1) is 25.7 Å². The highest BCUT2D eigenvalue weighted by Crippen LogP contribution is 2.42. The van der Waals surface area contributed by atoms with Gasteiger partial charge in [-0.15, -0.1) is 0 Å². The predicted octanol–water partition coefficient (Wildman–Crippen LogP) is 6.03. The van der Waals surface area contributed by atoms with Crippen LogP contribution in [0.5, 0.6) is 5.75 Å². The van der Waals surface area contributed by atoms with E-state index in [-0.39, 0.29) is 19.7 Å². The summed E-state index contributed by atoms with van der Waals surface area (Å²) >= 11 is 0. The molecule has 3 aromatic rings. The zero-order valence-electron chi connectivity index (χ0n) is 26.8.